The third-order valence-corrected chi connectivity index (χ3v) is 4.04. The van der Waals surface area contributed by atoms with Gasteiger partial charge in [0.25, 0.3) is 0 Å². The molecule has 1 atom stereocenters. The predicted molar refractivity (Wildman–Crippen MR) is 77.2 cm³/mol. The van der Waals surface area contributed by atoms with Crippen molar-refractivity contribution in [3.05, 3.63) is 35.5 Å². The van der Waals surface area contributed by atoms with Crippen LogP contribution in [0, 0.1) is 6.92 Å². The van der Waals surface area contributed by atoms with Crippen molar-refractivity contribution in [1.82, 2.24) is 4.57 Å². The molecule has 1 N–H and O–H groups in total. The number of hydrogen-bond acceptors (Lipinski definition) is 2. The van der Waals surface area contributed by atoms with E-state index in [2.05, 4.69) is 17.7 Å². The average molecular weight is 273 g/mol. The highest BCUT2D eigenvalue weighted by atomic mass is 16.5. The van der Waals surface area contributed by atoms with Crippen molar-refractivity contribution >= 4 is 16.9 Å². The van der Waals surface area contributed by atoms with E-state index in [1.807, 2.05) is 6.07 Å². The summed E-state index contributed by atoms with van der Waals surface area (Å²) in [7, 11) is 0. The Hall–Kier alpha value is -1.81. The first-order chi connectivity index (χ1) is 9.65. The van der Waals surface area contributed by atoms with Crippen LogP contribution in [0.5, 0.6) is 0 Å². The number of benzene rings is 1. The summed E-state index contributed by atoms with van der Waals surface area (Å²) in [4.78, 5) is 11.1. The van der Waals surface area contributed by atoms with E-state index in [1.54, 1.807) is 12.1 Å². The summed E-state index contributed by atoms with van der Waals surface area (Å²) >= 11 is 0. The third kappa shape index (κ3) is 2.43. The van der Waals surface area contributed by atoms with Crippen LogP contribution in [0.15, 0.2) is 24.4 Å². The Morgan fingerprint density at radius 1 is 1.50 bits per heavy atom. The minimum Gasteiger partial charge on any atom is -0.478 e. The number of aromatic nitrogens is 1. The van der Waals surface area contributed by atoms with Gasteiger partial charge in [-0.1, -0.05) is 6.07 Å². The molecule has 4 heteroatoms. The number of hydrogen-bond donors (Lipinski definition) is 1. The lowest BCUT2D eigenvalue weighted by atomic mass is 10.1. The number of ether oxygens (including phenoxy) is 1. The Bertz CT molecular complexity index is 638. The molecule has 1 aliphatic rings. The molecular weight excluding hydrogens is 254 g/mol. The number of rotatable bonds is 4. The molecule has 0 aliphatic carbocycles. The van der Waals surface area contributed by atoms with E-state index in [0.717, 1.165) is 43.3 Å². The number of carboxylic acid groups (broad SMARTS) is 1. The Balaban J connectivity index is 1.88. The molecule has 0 spiro atoms. The normalized spacial score (nSPS) is 18.8. The Labute approximate surface area is 118 Å². The van der Waals surface area contributed by atoms with Gasteiger partial charge in [0.2, 0.25) is 0 Å². The van der Waals surface area contributed by atoms with Gasteiger partial charge in [0.15, 0.2) is 0 Å². The number of aryl methyl sites for hydroxylation is 2. The van der Waals surface area contributed by atoms with Gasteiger partial charge < -0.3 is 14.4 Å². The highest BCUT2D eigenvalue weighted by Crippen LogP contribution is 2.24. The molecule has 106 valence electrons. The van der Waals surface area contributed by atoms with Crippen LogP contribution in [0.2, 0.25) is 0 Å². The van der Waals surface area contributed by atoms with Gasteiger partial charge >= 0.3 is 5.97 Å². The summed E-state index contributed by atoms with van der Waals surface area (Å²) < 4.78 is 7.80. The van der Waals surface area contributed by atoms with Crippen molar-refractivity contribution in [2.45, 2.75) is 38.8 Å². The molecule has 1 aromatic carbocycles. The minimum absolute atomic E-state index is 0.342. The Morgan fingerprint density at radius 2 is 2.35 bits per heavy atom. The molecule has 1 aliphatic heterocycles. The second kappa shape index (κ2) is 5.29. The third-order valence-electron chi connectivity index (χ3n) is 4.04. The molecule has 2 aromatic rings. The fraction of sp³-hybridized carbons (Fsp3) is 0.438. The monoisotopic (exact) mass is 273 g/mol. The van der Waals surface area contributed by atoms with E-state index < -0.39 is 5.97 Å². The molecule has 2 heterocycles. The molecule has 1 fully saturated rings. The van der Waals surface area contributed by atoms with Crippen LogP contribution in [-0.2, 0) is 11.3 Å². The van der Waals surface area contributed by atoms with Gasteiger partial charge in [-0.15, -0.1) is 0 Å². The highest BCUT2D eigenvalue weighted by molar-refractivity contribution is 5.94. The predicted octanol–water partition coefficient (Wildman–Crippen LogP) is 3.22. The zero-order chi connectivity index (χ0) is 14.1. The van der Waals surface area contributed by atoms with Crippen LogP contribution in [-0.4, -0.2) is 28.4 Å². The number of aromatic carboxylic acids is 1. The van der Waals surface area contributed by atoms with Gasteiger partial charge in [0.1, 0.15) is 0 Å². The molecule has 0 radical (unpaired) electrons. The van der Waals surface area contributed by atoms with Crippen LogP contribution in [0.3, 0.4) is 0 Å². The van der Waals surface area contributed by atoms with E-state index in [-0.39, 0.29) is 0 Å². The minimum atomic E-state index is -0.878. The van der Waals surface area contributed by atoms with Gasteiger partial charge in [-0.25, -0.2) is 4.79 Å². The Kier molecular flexibility index (Phi) is 3.49. The number of fused-ring (bicyclic) bond motifs is 1. The maximum atomic E-state index is 11.1. The summed E-state index contributed by atoms with van der Waals surface area (Å²) in [6.07, 6.45) is 5.74. The summed E-state index contributed by atoms with van der Waals surface area (Å²) in [5.41, 5.74) is 2.53. The molecule has 1 saturated heterocycles. The summed E-state index contributed by atoms with van der Waals surface area (Å²) in [6.45, 7) is 3.81. The second-order valence-corrected chi connectivity index (χ2v) is 5.47. The molecule has 0 amide bonds. The summed E-state index contributed by atoms with van der Waals surface area (Å²) in [6, 6.07) is 5.33. The quantitative estimate of drug-likeness (QED) is 0.930. The van der Waals surface area contributed by atoms with Crippen LogP contribution >= 0.6 is 0 Å². The van der Waals surface area contributed by atoms with E-state index in [0.29, 0.717) is 11.7 Å². The SMILES string of the molecule is Cc1cn(CCC2CCCO2)c2cc(C(=O)O)ccc12. The average Bonchev–Trinajstić information content (AvgIpc) is 3.05. The maximum Gasteiger partial charge on any atom is 0.335 e. The topological polar surface area (TPSA) is 51.5 Å². The standard InChI is InChI=1S/C16H19NO3/c1-11-10-17(7-6-13-3-2-8-20-13)15-9-12(16(18)19)4-5-14(11)15/h4-5,9-10,13H,2-3,6-8H2,1H3,(H,18,19). The van der Waals surface area contributed by atoms with Crippen molar-refractivity contribution < 1.29 is 14.6 Å². The van der Waals surface area contributed by atoms with Crippen molar-refractivity contribution in [3.8, 4) is 0 Å². The summed E-state index contributed by atoms with van der Waals surface area (Å²) in [5.74, 6) is -0.878. The van der Waals surface area contributed by atoms with E-state index >= 15 is 0 Å². The molecular formula is C16H19NO3. The van der Waals surface area contributed by atoms with Gasteiger partial charge in [-0.2, -0.15) is 0 Å². The zero-order valence-electron chi connectivity index (χ0n) is 11.6. The molecule has 0 saturated carbocycles. The number of carbonyl (C=O) groups is 1. The maximum absolute atomic E-state index is 11.1. The molecule has 4 nitrogen and oxygen atoms in total. The van der Waals surface area contributed by atoms with Gasteiger partial charge in [-0.05, 0) is 43.9 Å². The first-order valence-electron chi connectivity index (χ1n) is 7.09. The van der Waals surface area contributed by atoms with Crippen LogP contribution in [0.4, 0.5) is 0 Å². The van der Waals surface area contributed by atoms with E-state index in [9.17, 15) is 4.79 Å². The lowest BCUT2D eigenvalue weighted by Crippen LogP contribution is -2.09. The van der Waals surface area contributed by atoms with E-state index in [1.165, 1.54) is 5.56 Å². The molecule has 20 heavy (non-hydrogen) atoms. The smallest absolute Gasteiger partial charge is 0.335 e. The van der Waals surface area contributed by atoms with Gasteiger partial charge in [0.05, 0.1) is 11.7 Å². The molecule has 1 unspecified atom stereocenters. The van der Waals surface area contributed by atoms with Gasteiger partial charge in [0, 0.05) is 30.3 Å². The lowest BCUT2D eigenvalue weighted by molar-refractivity contribution is 0.0697. The number of carboxylic acids is 1. The molecule has 3 rings (SSSR count). The zero-order valence-corrected chi connectivity index (χ0v) is 11.6. The van der Waals surface area contributed by atoms with Crippen LogP contribution in [0.25, 0.3) is 10.9 Å². The largest absolute Gasteiger partial charge is 0.478 e. The number of nitrogens with zero attached hydrogens (tertiary/aromatic N) is 1. The van der Waals surface area contributed by atoms with Crippen molar-refractivity contribution in [2.75, 3.05) is 6.61 Å². The fourth-order valence-electron chi connectivity index (χ4n) is 2.95. The van der Waals surface area contributed by atoms with Crippen LogP contribution < -0.4 is 0 Å². The summed E-state index contributed by atoms with van der Waals surface area (Å²) in [5, 5.41) is 10.2. The first kappa shape index (κ1) is 13.2. The van der Waals surface area contributed by atoms with Gasteiger partial charge in [-0.3, -0.25) is 0 Å². The van der Waals surface area contributed by atoms with Crippen molar-refractivity contribution in [1.29, 1.82) is 0 Å². The lowest BCUT2D eigenvalue weighted by Gasteiger charge is -2.11. The fourth-order valence-corrected chi connectivity index (χ4v) is 2.95. The van der Waals surface area contributed by atoms with E-state index in [4.69, 9.17) is 9.84 Å². The van der Waals surface area contributed by atoms with Crippen molar-refractivity contribution in [3.63, 3.8) is 0 Å². The molecule has 0 bridgehead atoms. The molecule has 1 aromatic heterocycles. The first-order valence-corrected chi connectivity index (χ1v) is 7.09. The van der Waals surface area contributed by atoms with Crippen molar-refractivity contribution in [2.24, 2.45) is 0 Å². The Morgan fingerprint density at radius 3 is 3.05 bits per heavy atom. The second-order valence-electron chi connectivity index (χ2n) is 5.47. The van der Waals surface area contributed by atoms with Crippen LogP contribution in [0.1, 0.15) is 35.2 Å². The highest BCUT2D eigenvalue weighted by Gasteiger charge is 2.16.